The van der Waals surface area contributed by atoms with Gasteiger partial charge >= 0.3 is 0 Å². The molecule has 1 amide bonds. The van der Waals surface area contributed by atoms with Crippen molar-refractivity contribution >= 4 is 5.91 Å². The Bertz CT molecular complexity index is 490. The number of aliphatic hydroxyl groups excluding tert-OH is 1. The molecule has 24 heavy (non-hydrogen) atoms. The lowest BCUT2D eigenvalue weighted by atomic mass is 9.99. The second kappa shape index (κ2) is 9.05. The first-order valence-corrected chi connectivity index (χ1v) is 9.01. The molecule has 0 spiro atoms. The number of nitrogens with zero attached hydrogens (tertiary/aromatic N) is 4. The van der Waals surface area contributed by atoms with E-state index in [0.717, 1.165) is 51.7 Å². The summed E-state index contributed by atoms with van der Waals surface area (Å²) in [5.74, 6) is -0.180. The van der Waals surface area contributed by atoms with Gasteiger partial charge in [0.05, 0.1) is 0 Å². The Hall–Kier alpha value is -1.58. The highest BCUT2D eigenvalue weighted by atomic mass is 16.3. The maximum atomic E-state index is 12.7. The summed E-state index contributed by atoms with van der Waals surface area (Å²) < 4.78 is 0. The van der Waals surface area contributed by atoms with Crippen molar-refractivity contribution in [3.63, 3.8) is 0 Å². The number of amides is 1. The van der Waals surface area contributed by atoms with Crippen molar-refractivity contribution in [3.8, 4) is 6.07 Å². The molecule has 2 heterocycles. The van der Waals surface area contributed by atoms with Gasteiger partial charge in [-0.05, 0) is 58.7 Å². The van der Waals surface area contributed by atoms with Gasteiger partial charge in [0.15, 0.2) is 0 Å². The van der Waals surface area contributed by atoms with Crippen LogP contribution >= 0.6 is 0 Å². The molecule has 134 valence electrons. The number of piperidine rings is 2. The molecule has 0 aromatic heterocycles. The summed E-state index contributed by atoms with van der Waals surface area (Å²) in [6.45, 7) is 2.96. The summed E-state index contributed by atoms with van der Waals surface area (Å²) in [4.78, 5) is 18.8. The first-order chi connectivity index (χ1) is 11.6. The number of rotatable bonds is 5. The molecule has 1 atom stereocenters. The van der Waals surface area contributed by atoms with Gasteiger partial charge in [-0.1, -0.05) is 0 Å². The maximum Gasteiger partial charge on any atom is 0.265 e. The normalized spacial score (nSPS) is 23.8. The van der Waals surface area contributed by atoms with E-state index in [1.165, 1.54) is 0 Å². The van der Waals surface area contributed by atoms with Gasteiger partial charge in [0.1, 0.15) is 11.6 Å². The van der Waals surface area contributed by atoms with Gasteiger partial charge in [0.2, 0.25) is 0 Å². The minimum Gasteiger partial charge on any atom is -0.396 e. The molecule has 2 aliphatic rings. The Morgan fingerprint density at radius 2 is 2.00 bits per heavy atom. The first kappa shape index (κ1) is 18.8. The van der Waals surface area contributed by atoms with Crippen molar-refractivity contribution in [3.05, 3.63) is 11.8 Å². The quantitative estimate of drug-likeness (QED) is 0.604. The number of hydrogen-bond acceptors (Lipinski definition) is 5. The van der Waals surface area contributed by atoms with E-state index in [9.17, 15) is 15.2 Å². The van der Waals surface area contributed by atoms with Crippen molar-refractivity contribution in [2.75, 3.05) is 40.3 Å². The van der Waals surface area contributed by atoms with Gasteiger partial charge in [-0.25, -0.2) is 0 Å². The number of likely N-dealkylation sites (tertiary alicyclic amines) is 2. The van der Waals surface area contributed by atoms with Gasteiger partial charge in [-0.2, -0.15) is 5.26 Å². The zero-order valence-corrected chi connectivity index (χ0v) is 14.9. The highest BCUT2D eigenvalue weighted by molar-refractivity contribution is 5.97. The van der Waals surface area contributed by atoms with Crippen LogP contribution in [0, 0.1) is 11.3 Å². The SMILES string of the molecule is CN1CCC(N(C)C(=O)/C(C#N)=C\N2CCCCC2CCO)CC1. The van der Waals surface area contributed by atoms with Crippen LogP contribution in [0.3, 0.4) is 0 Å². The Morgan fingerprint density at radius 3 is 2.62 bits per heavy atom. The summed E-state index contributed by atoms with van der Waals surface area (Å²) >= 11 is 0. The second-order valence-corrected chi connectivity index (χ2v) is 7.00. The van der Waals surface area contributed by atoms with Crippen molar-refractivity contribution in [2.45, 2.75) is 50.6 Å². The second-order valence-electron chi connectivity index (χ2n) is 7.00. The molecule has 6 heteroatoms. The van der Waals surface area contributed by atoms with Crippen LogP contribution in [-0.4, -0.2) is 78.1 Å². The van der Waals surface area contributed by atoms with Crippen molar-refractivity contribution in [1.82, 2.24) is 14.7 Å². The summed E-state index contributed by atoms with van der Waals surface area (Å²) in [6, 6.07) is 2.53. The summed E-state index contributed by atoms with van der Waals surface area (Å²) in [5.41, 5.74) is 0.210. The Labute approximate surface area is 145 Å². The molecule has 0 radical (unpaired) electrons. The monoisotopic (exact) mass is 334 g/mol. The third-order valence-electron chi connectivity index (χ3n) is 5.34. The van der Waals surface area contributed by atoms with Gasteiger partial charge in [0.25, 0.3) is 5.91 Å². The van der Waals surface area contributed by atoms with E-state index in [1.54, 1.807) is 11.1 Å². The van der Waals surface area contributed by atoms with E-state index in [-0.39, 0.29) is 30.2 Å². The average molecular weight is 334 g/mol. The number of likely N-dealkylation sites (N-methyl/N-ethyl adjacent to an activating group) is 1. The van der Waals surface area contributed by atoms with Crippen LogP contribution in [0.1, 0.15) is 38.5 Å². The molecule has 1 N–H and O–H groups in total. The molecule has 2 fully saturated rings. The summed E-state index contributed by atoms with van der Waals surface area (Å²) in [7, 11) is 3.90. The largest absolute Gasteiger partial charge is 0.396 e. The average Bonchev–Trinajstić information content (AvgIpc) is 2.60. The van der Waals surface area contributed by atoms with Gasteiger partial charge in [-0.3, -0.25) is 4.79 Å². The van der Waals surface area contributed by atoms with Crippen LogP contribution in [0.25, 0.3) is 0 Å². The third kappa shape index (κ3) is 4.71. The minimum absolute atomic E-state index is 0.139. The Balaban J connectivity index is 2.05. The molecule has 0 aliphatic carbocycles. The fraction of sp³-hybridized carbons (Fsp3) is 0.778. The van der Waals surface area contributed by atoms with Gasteiger partial charge in [0, 0.05) is 38.5 Å². The molecular formula is C18H30N4O2. The summed E-state index contributed by atoms with van der Waals surface area (Å²) in [5, 5.41) is 18.7. The highest BCUT2D eigenvalue weighted by Gasteiger charge is 2.27. The predicted octanol–water partition coefficient (Wildman–Crippen LogP) is 1.18. The Kier molecular flexibility index (Phi) is 7.07. The molecule has 1 unspecified atom stereocenters. The van der Waals surface area contributed by atoms with E-state index >= 15 is 0 Å². The van der Waals surface area contributed by atoms with E-state index < -0.39 is 0 Å². The van der Waals surface area contributed by atoms with Crippen LogP contribution in [0.2, 0.25) is 0 Å². The molecule has 0 aromatic rings. The predicted molar refractivity (Wildman–Crippen MR) is 93.0 cm³/mol. The maximum absolute atomic E-state index is 12.7. The number of nitriles is 1. The standard InChI is InChI=1S/C18H30N4O2/c1-20-10-6-16(7-11-20)21(2)18(24)15(13-19)14-22-9-4-3-5-17(22)8-12-23/h14,16-17,23H,3-12H2,1-2H3/b15-14-. The zero-order valence-electron chi connectivity index (χ0n) is 14.9. The zero-order chi connectivity index (χ0) is 17.5. The van der Waals surface area contributed by atoms with Crippen LogP contribution in [0.15, 0.2) is 11.8 Å². The number of carbonyl (C=O) groups excluding carboxylic acids is 1. The first-order valence-electron chi connectivity index (χ1n) is 9.01. The molecule has 2 rings (SSSR count). The van der Waals surface area contributed by atoms with Crippen molar-refractivity contribution in [2.24, 2.45) is 0 Å². The van der Waals surface area contributed by atoms with Gasteiger partial charge < -0.3 is 19.8 Å². The molecule has 0 bridgehead atoms. The Morgan fingerprint density at radius 1 is 1.29 bits per heavy atom. The lowest BCUT2D eigenvalue weighted by molar-refractivity contribution is -0.128. The smallest absolute Gasteiger partial charge is 0.265 e. The minimum atomic E-state index is -0.180. The van der Waals surface area contributed by atoms with Gasteiger partial charge in [-0.15, -0.1) is 0 Å². The molecule has 2 aliphatic heterocycles. The van der Waals surface area contributed by atoms with E-state index in [0.29, 0.717) is 6.42 Å². The highest BCUT2D eigenvalue weighted by Crippen LogP contribution is 2.22. The number of hydrogen-bond donors (Lipinski definition) is 1. The molecular weight excluding hydrogens is 304 g/mol. The topological polar surface area (TPSA) is 70.8 Å². The van der Waals surface area contributed by atoms with Crippen LogP contribution in [-0.2, 0) is 4.79 Å². The van der Waals surface area contributed by atoms with Crippen LogP contribution in [0.4, 0.5) is 0 Å². The number of carbonyl (C=O) groups is 1. The molecule has 0 saturated carbocycles. The number of aliphatic hydroxyl groups is 1. The van der Waals surface area contributed by atoms with E-state index in [1.807, 2.05) is 7.05 Å². The lowest BCUT2D eigenvalue weighted by Crippen LogP contribution is -2.45. The fourth-order valence-corrected chi connectivity index (χ4v) is 3.69. The molecule has 0 aromatic carbocycles. The third-order valence-corrected chi connectivity index (χ3v) is 5.34. The van der Waals surface area contributed by atoms with E-state index in [2.05, 4.69) is 22.9 Å². The fourth-order valence-electron chi connectivity index (χ4n) is 3.69. The molecule has 2 saturated heterocycles. The van der Waals surface area contributed by atoms with E-state index in [4.69, 9.17) is 0 Å². The van der Waals surface area contributed by atoms with Crippen molar-refractivity contribution < 1.29 is 9.90 Å². The lowest BCUT2D eigenvalue weighted by Gasteiger charge is -2.36. The van der Waals surface area contributed by atoms with Crippen LogP contribution < -0.4 is 0 Å². The van der Waals surface area contributed by atoms with Crippen LogP contribution in [0.5, 0.6) is 0 Å². The summed E-state index contributed by atoms with van der Waals surface area (Å²) in [6.07, 6.45) is 7.54. The molecule has 6 nitrogen and oxygen atoms in total. The van der Waals surface area contributed by atoms with Crippen molar-refractivity contribution in [1.29, 1.82) is 5.26 Å².